The summed E-state index contributed by atoms with van der Waals surface area (Å²) in [4.78, 5) is 23.2. The minimum absolute atomic E-state index is 0.194. The van der Waals surface area contributed by atoms with Crippen LogP contribution in [0.5, 0.6) is 0 Å². The molecule has 2 atom stereocenters. The molecule has 0 spiro atoms. The standard InChI is InChI=1S/C20H39NO3/c1-6-8-9-10-11-17(7-2)18(23)12-13-19(3,4)24-15-14-20(5,21)16-22/h16-17H,6-15,21H2,1-5H3. The van der Waals surface area contributed by atoms with Gasteiger partial charge in [0, 0.05) is 18.9 Å². The quantitative estimate of drug-likeness (QED) is 0.353. The monoisotopic (exact) mass is 341 g/mol. The molecule has 4 heteroatoms. The average molecular weight is 342 g/mol. The number of rotatable bonds is 15. The Labute approximate surface area is 148 Å². The number of hydrogen-bond acceptors (Lipinski definition) is 4. The molecular weight excluding hydrogens is 302 g/mol. The predicted molar refractivity (Wildman–Crippen MR) is 100 cm³/mol. The van der Waals surface area contributed by atoms with E-state index in [1.165, 1.54) is 19.3 Å². The van der Waals surface area contributed by atoms with E-state index in [1.807, 2.05) is 13.8 Å². The van der Waals surface area contributed by atoms with E-state index >= 15 is 0 Å². The van der Waals surface area contributed by atoms with E-state index in [0.717, 1.165) is 25.5 Å². The molecule has 2 unspecified atom stereocenters. The smallest absolute Gasteiger partial charge is 0.139 e. The van der Waals surface area contributed by atoms with Crippen molar-refractivity contribution in [2.75, 3.05) is 6.61 Å². The van der Waals surface area contributed by atoms with Crippen LogP contribution >= 0.6 is 0 Å². The molecule has 2 N–H and O–H groups in total. The van der Waals surface area contributed by atoms with Crippen molar-refractivity contribution < 1.29 is 14.3 Å². The molecule has 142 valence electrons. The highest BCUT2D eigenvalue weighted by atomic mass is 16.5. The molecule has 0 aliphatic carbocycles. The van der Waals surface area contributed by atoms with Gasteiger partial charge in [-0.25, -0.2) is 0 Å². The van der Waals surface area contributed by atoms with E-state index in [4.69, 9.17) is 10.5 Å². The van der Waals surface area contributed by atoms with Gasteiger partial charge in [-0.15, -0.1) is 0 Å². The first-order valence-electron chi connectivity index (χ1n) is 9.59. The Kier molecular flexibility index (Phi) is 11.4. The summed E-state index contributed by atoms with van der Waals surface area (Å²) in [5.41, 5.74) is 4.59. The summed E-state index contributed by atoms with van der Waals surface area (Å²) >= 11 is 0. The maximum atomic E-state index is 12.4. The van der Waals surface area contributed by atoms with Crippen LogP contribution in [0, 0.1) is 5.92 Å². The van der Waals surface area contributed by atoms with Gasteiger partial charge in [-0.3, -0.25) is 4.79 Å². The van der Waals surface area contributed by atoms with Gasteiger partial charge < -0.3 is 15.3 Å². The number of Topliss-reactive ketones (excluding diaryl/α,β-unsaturated/α-hetero) is 1. The lowest BCUT2D eigenvalue weighted by molar-refractivity contribution is -0.125. The van der Waals surface area contributed by atoms with Gasteiger partial charge in [-0.2, -0.15) is 0 Å². The van der Waals surface area contributed by atoms with Crippen molar-refractivity contribution in [3.8, 4) is 0 Å². The van der Waals surface area contributed by atoms with E-state index in [9.17, 15) is 9.59 Å². The predicted octanol–water partition coefficient (Wildman–Crippen LogP) is 4.43. The molecule has 0 aromatic rings. The largest absolute Gasteiger partial charge is 0.375 e. The second-order valence-electron chi connectivity index (χ2n) is 7.90. The third kappa shape index (κ3) is 10.9. The van der Waals surface area contributed by atoms with Crippen molar-refractivity contribution in [1.29, 1.82) is 0 Å². The number of carbonyl (C=O) groups excluding carboxylic acids is 2. The maximum absolute atomic E-state index is 12.4. The number of unbranched alkanes of at least 4 members (excludes halogenated alkanes) is 3. The minimum Gasteiger partial charge on any atom is -0.375 e. The molecular formula is C20H39NO3. The van der Waals surface area contributed by atoms with Crippen LogP contribution in [0.1, 0.15) is 92.4 Å². The van der Waals surface area contributed by atoms with Crippen molar-refractivity contribution in [1.82, 2.24) is 0 Å². The van der Waals surface area contributed by atoms with Crippen LogP contribution in [0.4, 0.5) is 0 Å². The van der Waals surface area contributed by atoms with Gasteiger partial charge in [0.15, 0.2) is 0 Å². The van der Waals surface area contributed by atoms with Gasteiger partial charge in [-0.05, 0) is 46.5 Å². The topological polar surface area (TPSA) is 69.4 Å². The summed E-state index contributed by atoms with van der Waals surface area (Å²) < 4.78 is 5.85. The van der Waals surface area contributed by atoms with Crippen LogP contribution < -0.4 is 5.73 Å². The average Bonchev–Trinajstić information content (AvgIpc) is 2.52. The molecule has 0 saturated heterocycles. The van der Waals surface area contributed by atoms with Crippen LogP contribution in [0.25, 0.3) is 0 Å². The van der Waals surface area contributed by atoms with Crippen molar-refractivity contribution in [3.63, 3.8) is 0 Å². The molecule has 0 heterocycles. The maximum Gasteiger partial charge on any atom is 0.139 e. The van der Waals surface area contributed by atoms with Crippen molar-refractivity contribution in [2.45, 2.75) is 104 Å². The fraction of sp³-hybridized carbons (Fsp3) is 0.900. The fourth-order valence-corrected chi connectivity index (χ4v) is 2.72. The zero-order valence-corrected chi connectivity index (χ0v) is 16.5. The SMILES string of the molecule is CCCCCCC(CC)C(=O)CCC(C)(C)OCCC(C)(N)C=O. The number of nitrogens with two attached hydrogens (primary N) is 1. The van der Waals surface area contributed by atoms with Crippen LogP contribution in [0.3, 0.4) is 0 Å². The van der Waals surface area contributed by atoms with Gasteiger partial charge >= 0.3 is 0 Å². The zero-order valence-electron chi connectivity index (χ0n) is 16.5. The molecule has 0 amide bonds. The summed E-state index contributed by atoms with van der Waals surface area (Å²) in [6.07, 6.45) is 9.32. The van der Waals surface area contributed by atoms with Crippen molar-refractivity contribution in [3.05, 3.63) is 0 Å². The molecule has 0 rings (SSSR count). The van der Waals surface area contributed by atoms with Gasteiger partial charge in [0.05, 0.1) is 11.1 Å². The Hall–Kier alpha value is -0.740. The van der Waals surface area contributed by atoms with E-state index in [0.29, 0.717) is 31.7 Å². The fourth-order valence-electron chi connectivity index (χ4n) is 2.72. The van der Waals surface area contributed by atoms with Crippen LogP contribution in [-0.4, -0.2) is 29.8 Å². The molecule has 0 radical (unpaired) electrons. The van der Waals surface area contributed by atoms with E-state index < -0.39 is 5.54 Å². The summed E-state index contributed by atoms with van der Waals surface area (Å²) in [6.45, 7) is 10.4. The summed E-state index contributed by atoms with van der Waals surface area (Å²) in [5.74, 6) is 0.558. The normalized spacial score (nSPS) is 15.8. The number of aldehydes is 1. The Bertz CT molecular complexity index is 364. The van der Waals surface area contributed by atoms with E-state index in [1.54, 1.807) is 6.92 Å². The highest BCUT2D eigenvalue weighted by Crippen LogP contribution is 2.23. The Morgan fingerprint density at radius 3 is 2.33 bits per heavy atom. The van der Waals surface area contributed by atoms with Crippen LogP contribution in [-0.2, 0) is 14.3 Å². The molecule has 0 saturated carbocycles. The third-order valence-corrected chi connectivity index (χ3v) is 4.73. The summed E-state index contributed by atoms with van der Waals surface area (Å²) in [5, 5.41) is 0. The Balaban J connectivity index is 4.17. The first-order chi connectivity index (χ1) is 11.2. The van der Waals surface area contributed by atoms with E-state index in [2.05, 4.69) is 13.8 Å². The zero-order chi connectivity index (χ0) is 18.6. The molecule has 0 aliphatic rings. The number of ether oxygens (including phenoxy) is 1. The molecule has 0 aromatic carbocycles. The Morgan fingerprint density at radius 2 is 1.79 bits per heavy atom. The molecule has 0 bridgehead atoms. The molecule has 0 fully saturated rings. The summed E-state index contributed by atoms with van der Waals surface area (Å²) in [6, 6.07) is 0. The van der Waals surface area contributed by atoms with Crippen molar-refractivity contribution in [2.24, 2.45) is 11.7 Å². The minimum atomic E-state index is -0.836. The first-order valence-corrected chi connectivity index (χ1v) is 9.59. The highest BCUT2D eigenvalue weighted by Gasteiger charge is 2.24. The van der Waals surface area contributed by atoms with Crippen LogP contribution in [0.15, 0.2) is 0 Å². The lowest BCUT2D eigenvalue weighted by atomic mass is 9.89. The number of ketones is 1. The van der Waals surface area contributed by atoms with Gasteiger partial charge in [0.25, 0.3) is 0 Å². The van der Waals surface area contributed by atoms with Crippen LogP contribution in [0.2, 0.25) is 0 Å². The van der Waals surface area contributed by atoms with E-state index in [-0.39, 0.29) is 11.5 Å². The third-order valence-electron chi connectivity index (χ3n) is 4.73. The first kappa shape index (κ1) is 23.3. The molecule has 4 nitrogen and oxygen atoms in total. The second kappa shape index (κ2) is 11.8. The van der Waals surface area contributed by atoms with Gasteiger partial charge in [-0.1, -0.05) is 39.5 Å². The van der Waals surface area contributed by atoms with Gasteiger partial charge in [0.2, 0.25) is 0 Å². The summed E-state index contributed by atoms with van der Waals surface area (Å²) in [7, 11) is 0. The number of carbonyl (C=O) groups is 2. The lowest BCUT2D eigenvalue weighted by Crippen LogP contribution is -2.40. The highest BCUT2D eigenvalue weighted by molar-refractivity contribution is 5.80. The lowest BCUT2D eigenvalue weighted by Gasteiger charge is -2.27. The molecule has 24 heavy (non-hydrogen) atoms. The van der Waals surface area contributed by atoms with Gasteiger partial charge in [0.1, 0.15) is 12.1 Å². The number of hydrogen-bond donors (Lipinski definition) is 1. The Morgan fingerprint density at radius 1 is 1.12 bits per heavy atom. The molecule has 0 aliphatic heterocycles. The second-order valence-corrected chi connectivity index (χ2v) is 7.90. The molecule has 0 aromatic heterocycles. The van der Waals surface area contributed by atoms with Crippen molar-refractivity contribution >= 4 is 12.1 Å².